The third-order valence-corrected chi connectivity index (χ3v) is 8.37. The Kier molecular flexibility index (Phi) is 6.75. The molecule has 0 saturated carbocycles. The minimum atomic E-state index is -2.68. The van der Waals surface area contributed by atoms with Crippen molar-refractivity contribution in [1.82, 2.24) is 24.6 Å². The SMILES string of the molecule is CNC(=O)[C@@H]1CCN(c2cc3c(cc(C)c(=O)n3C)c(N3CCCc4cc(-c5cnn(C)c5)c(C(F)F)cc43)n2)C1. The van der Waals surface area contributed by atoms with Crippen LogP contribution in [0.5, 0.6) is 0 Å². The van der Waals surface area contributed by atoms with Crippen molar-refractivity contribution >= 4 is 34.1 Å². The minimum absolute atomic E-state index is 0.00885. The molecule has 2 aliphatic rings. The summed E-state index contributed by atoms with van der Waals surface area (Å²) in [6.07, 6.45) is 2.94. The number of pyridine rings is 2. The Hall–Kier alpha value is -4.28. The molecule has 0 aliphatic carbocycles. The molecule has 6 rings (SSSR count). The van der Waals surface area contributed by atoms with Gasteiger partial charge in [0.25, 0.3) is 12.0 Å². The summed E-state index contributed by atoms with van der Waals surface area (Å²) in [6, 6.07) is 7.19. The summed E-state index contributed by atoms with van der Waals surface area (Å²) in [4.78, 5) is 34.5. The third-order valence-electron chi connectivity index (χ3n) is 8.37. The molecule has 1 N–H and O–H groups in total. The van der Waals surface area contributed by atoms with E-state index in [1.165, 1.54) is 0 Å². The molecule has 3 aromatic heterocycles. The van der Waals surface area contributed by atoms with Crippen LogP contribution in [0.2, 0.25) is 0 Å². The second-order valence-electron chi connectivity index (χ2n) is 11.0. The van der Waals surface area contributed by atoms with Gasteiger partial charge in [-0.15, -0.1) is 0 Å². The largest absolute Gasteiger partial charge is 0.359 e. The summed E-state index contributed by atoms with van der Waals surface area (Å²) in [5.41, 5.74) is 3.91. The number of halogens is 2. The van der Waals surface area contributed by atoms with Crippen LogP contribution in [0.25, 0.3) is 22.0 Å². The highest BCUT2D eigenvalue weighted by Crippen LogP contribution is 2.43. The zero-order chi connectivity index (χ0) is 29.0. The molecule has 4 aromatic rings. The number of alkyl halides is 2. The number of amides is 1. The van der Waals surface area contributed by atoms with Crippen LogP contribution in [-0.4, -0.2) is 51.9 Å². The quantitative estimate of drug-likeness (QED) is 0.392. The first-order valence-corrected chi connectivity index (χ1v) is 13.9. The minimum Gasteiger partial charge on any atom is -0.359 e. The maximum Gasteiger partial charge on any atom is 0.264 e. The second kappa shape index (κ2) is 10.3. The molecule has 1 saturated heterocycles. The number of fused-ring (bicyclic) bond motifs is 2. The first-order chi connectivity index (χ1) is 19.7. The Balaban J connectivity index is 1.53. The summed E-state index contributed by atoms with van der Waals surface area (Å²) in [5, 5.41) is 7.70. The fourth-order valence-electron chi connectivity index (χ4n) is 6.20. The fourth-order valence-corrected chi connectivity index (χ4v) is 6.20. The standard InChI is InChI=1S/C30H33F2N7O2/c1-17-10-23-25(37(4)30(17)41)13-26(38-9-7-19(16-38)29(40)33-2)35-28(23)39-8-5-6-18-11-21(20-14-34-36(3)15-20)22(27(31)32)12-24(18)39/h10-15,19,27H,5-9,16H2,1-4H3,(H,33,40)/t19-/m1/s1. The normalized spacial score (nSPS) is 17.0. The molecule has 0 spiro atoms. The Morgan fingerprint density at radius 3 is 2.66 bits per heavy atom. The van der Waals surface area contributed by atoms with E-state index in [9.17, 15) is 18.4 Å². The Morgan fingerprint density at radius 1 is 1.15 bits per heavy atom. The predicted octanol–water partition coefficient (Wildman–Crippen LogP) is 4.24. The van der Waals surface area contributed by atoms with Crippen molar-refractivity contribution in [2.75, 3.05) is 36.5 Å². The monoisotopic (exact) mass is 561 g/mol. The van der Waals surface area contributed by atoms with Crippen LogP contribution in [0.3, 0.4) is 0 Å². The molecule has 0 bridgehead atoms. The van der Waals surface area contributed by atoms with E-state index in [-0.39, 0.29) is 22.9 Å². The van der Waals surface area contributed by atoms with Crippen molar-refractivity contribution in [3.8, 4) is 11.1 Å². The number of nitrogens with zero attached hydrogens (tertiary/aromatic N) is 6. The van der Waals surface area contributed by atoms with Crippen LogP contribution in [0.1, 0.15) is 36.0 Å². The number of carbonyl (C=O) groups excluding carboxylic acids is 1. The van der Waals surface area contributed by atoms with Gasteiger partial charge in [0.05, 0.1) is 17.6 Å². The molecule has 2 aliphatic heterocycles. The van der Waals surface area contributed by atoms with E-state index in [1.807, 2.05) is 23.1 Å². The number of anilines is 3. The Bertz CT molecular complexity index is 1730. The molecule has 1 aromatic carbocycles. The Morgan fingerprint density at radius 2 is 1.95 bits per heavy atom. The third kappa shape index (κ3) is 4.62. The van der Waals surface area contributed by atoms with Crippen LogP contribution in [0, 0.1) is 12.8 Å². The van der Waals surface area contributed by atoms with Gasteiger partial charge in [-0.05, 0) is 55.5 Å². The molecule has 9 nitrogen and oxygen atoms in total. The van der Waals surface area contributed by atoms with Crippen LogP contribution in [-0.2, 0) is 25.3 Å². The summed E-state index contributed by atoms with van der Waals surface area (Å²) in [6.45, 7) is 3.53. The number of aryl methyl sites for hydroxylation is 4. The van der Waals surface area contributed by atoms with Crippen molar-refractivity contribution in [1.29, 1.82) is 0 Å². The lowest BCUT2D eigenvalue weighted by Crippen LogP contribution is -2.31. The highest BCUT2D eigenvalue weighted by molar-refractivity contribution is 5.95. The maximum absolute atomic E-state index is 14.5. The van der Waals surface area contributed by atoms with Gasteiger partial charge in [0, 0.05) is 80.8 Å². The van der Waals surface area contributed by atoms with Gasteiger partial charge in [-0.25, -0.2) is 13.8 Å². The average Bonchev–Trinajstić information content (AvgIpc) is 3.64. The van der Waals surface area contributed by atoms with Gasteiger partial charge in [-0.1, -0.05) is 0 Å². The number of nitrogens with one attached hydrogen (secondary N) is 1. The van der Waals surface area contributed by atoms with E-state index in [1.54, 1.807) is 55.8 Å². The zero-order valence-electron chi connectivity index (χ0n) is 23.6. The van der Waals surface area contributed by atoms with E-state index < -0.39 is 6.43 Å². The lowest BCUT2D eigenvalue weighted by atomic mass is 9.93. The highest BCUT2D eigenvalue weighted by Gasteiger charge is 2.31. The number of aromatic nitrogens is 4. The van der Waals surface area contributed by atoms with Gasteiger partial charge in [-0.2, -0.15) is 5.10 Å². The van der Waals surface area contributed by atoms with Gasteiger partial charge in [0.15, 0.2) is 0 Å². The van der Waals surface area contributed by atoms with Crippen LogP contribution >= 0.6 is 0 Å². The van der Waals surface area contributed by atoms with Gasteiger partial charge < -0.3 is 19.7 Å². The van der Waals surface area contributed by atoms with Crippen molar-refractivity contribution in [3.63, 3.8) is 0 Å². The van der Waals surface area contributed by atoms with Gasteiger partial charge in [0.2, 0.25) is 5.91 Å². The second-order valence-corrected chi connectivity index (χ2v) is 11.0. The molecule has 214 valence electrons. The first kappa shape index (κ1) is 26.9. The van der Waals surface area contributed by atoms with Crippen LogP contribution in [0.4, 0.5) is 26.1 Å². The summed E-state index contributed by atoms with van der Waals surface area (Å²) >= 11 is 0. The predicted molar refractivity (Wildman–Crippen MR) is 155 cm³/mol. The van der Waals surface area contributed by atoms with Gasteiger partial charge in [-0.3, -0.25) is 14.3 Å². The summed E-state index contributed by atoms with van der Waals surface area (Å²) in [7, 11) is 5.14. The molecule has 1 atom stereocenters. The molecule has 1 fully saturated rings. The van der Waals surface area contributed by atoms with Crippen LogP contribution in [0.15, 0.2) is 41.5 Å². The van der Waals surface area contributed by atoms with Crippen molar-refractivity contribution in [2.45, 2.75) is 32.6 Å². The van der Waals surface area contributed by atoms with E-state index in [4.69, 9.17) is 4.98 Å². The van der Waals surface area contributed by atoms with E-state index in [2.05, 4.69) is 15.3 Å². The lowest BCUT2D eigenvalue weighted by Gasteiger charge is -2.33. The number of hydrogen-bond donors (Lipinski definition) is 1. The molecule has 5 heterocycles. The van der Waals surface area contributed by atoms with E-state index >= 15 is 0 Å². The summed E-state index contributed by atoms with van der Waals surface area (Å²) in [5.74, 6) is 1.12. The van der Waals surface area contributed by atoms with Crippen molar-refractivity contribution in [3.05, 3.63) is 63.7 Å². The number of rotatable bonds is 5. The smallest absolute Gasteiger partial charge is 0.264 e. The molecule has 1 amide bonds. The molecule has 0 unspecified atom stereocenters. The fraction of sp³-hybridized carbons (Fsp3) is 0.400. The van der Waals surface area contributed by atoms with Crippen molar-refractivity contribution in [2.24, 2.45) is 20.0 Å². The zero-order valence-corrected chi connectivity index (χ0v) is 23.6. The highest BCUT2D eigenvalue weighted by atomic mass is 19.3. The number of hydrogen-bond acceptors (Lipinski definition) is 6. The van der Waals surface area contributed by atoms with Crippen molar-refractivity contribution < 1.29 is 13.6 Å². The lowest BCUT2D eigenvalue weighted by molar-refractivity contribution is -0.123. The number of carbonyl (C=O) groups is 1. The molecule has 41 heavy (non-hydrogen) atoms. The molecular formula is C30H33F2N7O2. The van der Waals surface area contributed by atoms with E-state index in [0.717, 1.165) is 23.8 Å². The first-order valence-electron chi connectivity index (χ1n) is 13.9. The maximum atomic E-state index is 14.5. The number of benzene rings is 1. The topological polar surface area (TPSA) is 88.3 Å². The molecular weight excluding hydrogens is 528 g/mol. The average molecular weight is 562 g/mol. The van der Waals surface area contributed by atoms with Gasteiger partial charge >= 0.3 is 0 Å². The molecule has 11 heteroatoms. The van der Waals surface area contributed by atoms with Crippen LogP contribution < -0.4 is 20.7 Å². The van der Waals surface area contributed by atoms with Gasteiger partial charge in [0.1, 0.15) is 11.6 Å². The summed E-state index contributed by atoms with van der Waals surface area (Å²) < 4.78 is 32.2. The molecule has 0 radical (unpaired) electrons. The Labute approximate surface area is 236 Å². The van der Waals surface area contributed by atoms with E-state index in [0.29, 0.717) is 65.6 Å².